The lowest BCUT2D eigenvalue weighted by molar-refractivity contribution is -0.115. The van der Waals surface area contributed by atoms with E-state index in [-0.39, 0.29) is 5.91 Å². The summed E-state index contributed by atoms with van der Waals surface area (Å²) < 4.78 is 1.10. The highest BCUT2D eigenvalue weighted by Gasteiger charge is 2.08. The molecule has 0 spiro atoms. The van der Waals surface area contributed by atoms with Gasteiger partial charge in [-0.3, -0.25) is 4.79 Å². The molecule has 1 heterocycles. The number of nitrogens with zero attached hydrogens (tertiary/aromatic N) is 1. The van der Waals surface area contributed by atoms with Crippen LogP contribution in [0.5, 0.6) is 0 Å². The van der Waals surface area contributed by atoms with Gasteiger partial charge in [-0.2, -0.15) is 0 Å². The van der Waals surface area contributed by atoms with Crippen molar-refractivity contribution in [3.8, 4) is 0 Å². The Labute approximate surface area is 134 Å². The summed E-state index contributed by atoms with van der Waals surface area (Å²) in [5.74, 6) is -0.0278. The normalized spacial score (nSPS) is 10.8. The van der Waals surface area contributed by atoms with Crippen LogP contribution in [0.4, 0.5) is 5.13 Å². The number of hydrogen-bond donors (Lipinski definition) is 1. The Morgan fingerprint density at radius 3 is 2.59 bits per heavy atom. The van der Waals surface area contributed by atoms with Crippen molar-refractivity contribution in [1.82, 2.24) is 4.98 Å². The molecule has 4 heteroatoms. The standard InChI is InChI=1S/C18H18N2OS/c1-3-13-5-7-14(8-6-13)11-17(21)20-18-19-15-9-4-12(2)10-16(15)22-18/h4-10H,3,11H2,1-2H3,(H,19,20,21). The molecule has 1 N–H and O–H groups in total. The fraction of sp³-hybridized carbons (Fsp3) is 0.222. The third-order valence-corrected chi connectivity index (χ3v) is 4.52. The van der Waals surface area contributed by atoms with Gasteiger partial charge < -0.3 is 5.32 Å². The van der Waals surface area contributed by atoms with E-state index in [1.807, 2.05) is 24.3 Å². The highest BCUT2D eigenvalue weighted by molar-refractivity contribution is 7.22. The first-order valence-corrected chi connectivity index (χ1v) is 8.20. The first kappa shape index (κ1) is 14.7. The minimum absolute atomic E-state index is 0.0278. The number of rotatable bonds is 4. The van der Waals surface area contributed by atoms with Gasteiger partial charge in [0.2, 0.25) is 5.91 Å². The largest absolute Gasteiger partial charge is 0.302 e. The van der Waals surface area contributed by atoms with Gasteiger partial charge in [-0.05, 0) is 42.2 Å². The molecule has 0 atom stereocenters. The van der Waals surface area contributed by atoms with E-state index in [4.69, 9.17) is 0 Å². The molecule has 0 radical (unpaired) electrons. The van der Waals surface area contributed by atoms with Crippen molar-refractivity contribution < 1.29 is 4.79 Å². The highest BCUT2D eigenvalue weighted by atomic mass is 32.1. The lowest BCUT2D eigenvalue weighted by atomic mass is 10.1. The Bertz CT molecular complexity index is 806. The molecule has 0 bridgehead atoms. The second-order valence-corrected chi connectivity index (χ2v) is 6.42. The van der Waals surface area contributed by atoms with Crippen LogP contribution >= 0.6 is 11.3 Å². The first-order chi connectivity index (χ1) is 10.6. The van der Waals surface area contributed by atoms with Crippen LogP contribution in [-0.2, 0) is 17.6 Å². The molecule has 3 aromatic rings. The van der Waals surface area contributed by atoms with Crippen molar-refractivity contribution in [3.63, 3.8) is 0 Å². The molecule has 2 aromatic carbocycles. The minimum atomic E-state index is -0.0278. The summed E-state index contributed by atoms with van der Waals surface area (Å²) in [7, 11) is 0. The summed E-state index contributed by atoms with van der Waals surface area (Å²) in [6, 6.07) is 14.3. The number of carbonyl (C=O) groups is 1. The van der Waals surface area contributed by atoms with Gasteiger partial charge in [0.25, 0.3) is 0 Å². The summed E-state index contributed by atoms with van der Waals surface area (Å²) in [4.78, 5) is 16.6. The SMILES string of the molecule is CCc1ccc(CC(=O)Nc2nc3ccc(C)cc3s2)cc1. The van der Waals surface area contributed by atoms with Crippen LogP contribution in [-0.4, -0.2) is 10.9 Å². The van der Waals surface area contributed by atoms with Crippen molar-refractivity contribution in [2.45, 2.75) is 26.7 Å². The lowest BCUT2D eigenvalue weighted by Gasteiger charge is -2.03. The van der Waals surface area contributed by atoms with Gasteiger partial charge in [0.1, 0.15) is 0 Å². The maximum Gasteiger partial charge on any atom is 0.230 e. The molecule has 3 rings (SSSR count). The van der Waals surface area contributed by atoms with Crippen LogP contribution in [0.2, 0.25) is 0 Å². The van der Waals surface area contributed by atoms with E-state index < -0.39 is 0 Å². The summed E-state index contributed by atoms with van der Waals surface area (Å²) in [6.45, 7) is 4.17. The second kappa shape index (κ2) is 6.28. The van der Waals surface area contributed by atoms with Gasteiger partial charge in [0, 0.05) is 0 Å². The maximum absolute atomic E-state index is 12.1. The first-order valence-electron chi connectivity index (χ1n) is 7.39. The molecular weight excluding hydrogens is 292 g/mol. The quantitative estimate of drug-likeness (QED) is 0.778. The zero-order valence-electron chi connectivity index (χ0n) is 12.7. The van der Waals surface area contributed by atoms with E-state index in [2.05, 4.69) is 42.3 Å². The van der Waals surface area contributed by atoms with E-state index >= 15 is 0 Å². The average Bonchev–Trinajstić information content (AvgIpc) is 2.89. The van der Waals surface area contributed by atoms with E-state index in [9.17, 15) is 4.79 Å². The van der Waals surface area contributed by atoms with Gasteiger partial charge in [0.15, 0.2) is 5.13 Å². The van der Waals surface area contributed by atoms with Gasteiger partial charge in [-0.25, -0.2) is 4.98 Å². The molecule has 0 saturated carbocycles. The Morgan fingerprint density at radius 1 is 1.14 bits per heavy atom. The number of aromatic nitrogens is 1. The molecule has 0 fully saturated rings. The van der Waals surface area contributed by atoms with Crippen LogP contribution in [0.15, 0.2) is 42.5 Å². The molecule has 0 saturated heterocycles. The smallest absolute Gasteiger partial charge is 0.230 e. The molecule has 0 aliphatic rings. The van der Waals surface area contributed by atoms with Crippen LogP contribution in [0.1, 0.15) is 23.6 Å². The fourth-order valence-electron chi connectivity index (χ4n) is 2.33. The van der Waals surface area contributed by atoms with Crippen molar-refractivity contribution in [1.29, 1.82) is 0 Å². The van der Waals surface area contributed by atoms with Crippen LogP contribution in [0.3, 0.4) is 0 Å². The Kier molecular flexibility index (Phi) is 4.20. The highest BCUT2D eigenvalue weighted by Crippen LogP contribution is 2.26. The summed E-state index contributed by atoms with van der Waals surface area (Å²) >= 11 is 1.51. The molecule has 1 amide bonds. The maximum atomic E-state index is 12.1. The van der Waals surface area contributed by atoms with Crippen molar-refractivity contribution in [2.75, 3.05) is 5.32 Å². The van der Waals surface area contributed by atoms with Gasteiger partial charge in [-0.15, -0.1) is 0 Å². The predicted octanol–water partition coefficient (Wildman–Crippen LogP) is 4.35. The van der Waals surface area contributed by atoms with Crippen molar-refractivity contribution >= 4 is 32.6 Å². The van der Waals surface area contributed by atoms with Crippen LogP contribution in [0, 0.1) is 6.92 Å². The third kappa shape index (κ3) is 3.34. The van der Waals surface area contributed by atoms with Crippen molar-refractivity contribution in [2.24, 2.45) is 0 Å². The predicted molar refractivity (Wildman–Crippen MR) is 92.5 cm³/mol. The van der Waals surface area contributed by atoms with E-state index in [1.165, 1.54) is 22.5 Å². The number of fused-ring (bicyclic) bond motifs is 1. The van der Waals surface area contributed by atoms with Gasteiger partial charge >= 0.3 is 0 Å². The summed E-state index contributed by atoms with van der Waals surface area (Å²) in [5, 5.41) is 3.56. The molecule has 0 unspecified atom stereocenters. The molecule has 0 aliphatic heterocycles. The number of anilines is 1. The number of amides is 1. The Morgan fingerprint density at radius 2 is 1.86 bits per heavy atom. The van der Waals surface area contributed by atoms with Crippen LogP contribution < -0.4 is 5.32 Å². The summed E-state index contributed by atoms with van der Waals surface area (Å²) in [5.41, 5.74) is 4.43. The van der Waals surface area contributed by atoms with E-state index in [0.29, 0.717) is 11.6 Å². The monoisotopic (exact) mass is 310 g/mol. The molecule has 22 heavy (non-hydrogen) atoms. The second-order valence-electron chi connectivity index (χ2n) is 5.39. The van der Waals surface area contributed by atoms with Crippen molar-refractivity contribution in [3.05, 3.63) is 59.2 Å². The lowest BCUT2D eigenvalue weighted by Crippen LogP contribution is -2.14. The third-order valence-electron chi connectivity index (χ3n) is 3.59. The molecule has 3 nitrogen and oxygen atoms in total. The average molecular weight is 310 g/mol. The molecule has 0 aliphatic carbocycles. The molecule has 112 valence electrons. The molecular formula is C18H18N2OS. The van der Waals surface area contributed by atoms with Crippen LogP contribution in [0.25, 0.3) is 10.2 Å². The fourth-order valence-corrected chi connectivity index (χ4v) is 3.31. The topological polar surface area (TPSA) is 42.0 Å². The Hall–Kier alpha value is -2.20. The number of nitrogens with one attached hydrogen (secondary N) is 1. The molecule has 1 aromatic heterocycles. The number of carbonyl (C=O) groups excluding carboxylic acids is 1. The minimum Gasteiger partial charge on any atom is -0.302 e. The summed E-state index contributed by atoms with van der Waals surface area (Å²) in [6.07, 6.45) is 1.39. The van der Waals surface area contributed by atoms with E-state index in [1.54, 1.807) is 0 Å². The van der Waals surface area contributed by atoms with Gasteiger partial charge in [-0.1, -0.05) is 48.6 Å². The van der Waals surface area contributed by atoms with Gasteiger partial charge in [0.05, 0.1) is 16.6 Å². The zero-order chi connectivity index (χ0) is 15.5. The van der Waals surface area contributed by atoms with E-state index in [0.717, 1.165) is 22.2 Å². The zero-order valence-corrected chi connectivity index (χ0v) is 13.5. The number of benzene rings is 2. The number of hydrogen-bond acceptors (Lipinski definition) is 3. The number of thiazole rings is 1. The number of aryl methyl sites for hydroxylation is 2. The Balaban J connectivity index is 1.69.